The van der Waals surface area contributed by atoms with Gasteiger partial charge in [-0.05, 0) is 57.8 Å². The minimum Gasteiger partial charge on any atom is -0.496 e. The van der Waals surface area contributed by atoms with Gasteiger partial charge in [-0.1, -0.05) is 18.2 Å². The molecule has 3 rings (SSSR count). The molecule has 1 atom stereocenters. The summed E-state index contributed by atoms with van der Waals surface area (Å²) in [6, 6.07) is 13.7. The molecule has 0 saturated carbocycles. The number of aromatic amines is 1. The lowest BCUT2D eigenvalue weighted by atomic mass is 10.0. The van der Waals surface area contributed by atoms with Crippen LogP contribution in [-0.4, -0.2) is 43.5 Å². The van der Waals surface area contributed by atoms with Crippen molar-refractivity contribution in [3.8, 4) is 5.75 Å². The first-order chi connectivity index (χ1) is 12.9. The Bertz CT molecular complexity index is 959. The molecule has 0 saturated heterocycles. The molecule has 1 unspecified atom stereocenters. The molecule has 1 amide bonds. The van der Waals surface area contributed by atoms with Crippen molar-refractivity contribution in [3.05, 3.63) is 64.8 Å². The predicted molar refractivity (Wildman–Crippen MR) is 110 cm³/mol. The molecular formula is C22H27N3O2. The Morgan fingerprint density at radius 1 is 1.19 bits per heavy atom. The number of likely N-dealkylation sites (N-methyl/N-ethyl adjacent to an activating group) is 1. The second-order valence-electron chi connectivity index (χ2n) is 7.07. The van der Waals surface area contributed by atoms with E-state index in [0.717, 1.165) is 27.9 Å². The van der Waals surface area contributed by atoms with Gasteiger partial charge < -0.3 is 19.9 Å². The van der Waals surface area contributed by atoms with Gasteiger partial charge in [0.15, 0.2) is 0 Å². The number of amides is 1. The Kier molecular flexibility index (Phi) is 5.51. The summed E-state index contributed by atoms with van der Waals surface area (Å²) in [5, 5.41) is 4.17. The van der Waals surface area contributed by atoms with Gasteiger partial charge in [-0.3, -0.25) is 4.79 Å². The maximum Gasteiger partial charge on any atom is 0.251 e. The summed E-state index contributed by atoms with van der Waals surface area (Å²) in [6.07, 6.45) is 0. The number of benzene rings is 2. The van der Waals surface area contributed by atoms with E-state index < -0.39 is 0 Å². The largest absolute Gasteiger partial charge is 0.496 e. The fraction of sp³-hybridized carbons (Fsp3) is 0.318. The second-order valence-corrected chi connectivity index (χ2v) is 7.07. The molecule has 142 valence electrons. The van der Waals surface area contributed by atoms with Crippen LogP contribution in [0.3, 0.4) is 0 Å². The zero-order valence-electron chi connectivity index (χ0n) is 16.6. The molecule has 0 aliphatic carbocycles. The Hall–Kier alpha value is -2.79. The van der Waals surface area contributed by atoms with Crippen molar-refractivity contribution < 1.29 is 9.53 Å². The lowest BCUT2D eigenvalue weighted by Gasteiger charge is -2.26. The maximum absolute atomic E-state index is 12.7. The zero-order valence-corrected chi connectivity index (χ0v) is 16.6. The van der Waals surface area contributed by atoms with E-state index in [2.05, 4.69) is 22.1 Å². The molecule has 27 heavy (non-hydrogen) atoms. The van der Waals surface area contributed by atoms with Crippen LogP contribution < -0.4 is 10.1 Å². The predicted octanol–water partition coefficient (Wildman–Crippen LogP) is 3.83. The average molecular weight is 365 g/mol. The van der Waals surface area contributed by atoms with Gasteiger partial charge in [0.05, 0.1) is 13.2 Å². The molecular weight excluding hydrogens is 338 g/mol. The van der Waals surface area contributed by atoms with Crippen molar-refractivity contribution in [1.29, 1.82) is 0 Å². The van der Waals surface area contributed by atoms with Crippen LogP contribution in [0.5, 0.6) is 5.75 Å². The van der Waals surface area contributed by atoms with E-state index >= 15 is 0 Å². The normalized spacial score (nSPS) is 12.4. The molecule has 2 aromatic carbocycles. The summed E-state index contributed by atoms with van der Waals surface area (Å²) in [5.41, 5.74) is 5.09. The van der Waals surface area contributed by atoms with Gasteiger partial charge in [-0.15, -0.1) is 0 Å². The van der Waals surface area contributed by atoms with Crippen LogP contribution in [-0.2, 0) is 0 Å². The highest BCUT2D eigenvalue weighted by Crippen LogP contribution is 2.27. The number of carbonyl (C=O) groups is 1. The number of fused-ring (bicyclic) bond motifs is 1. The zero-order chi connectivity index (χ0) is 19.6. The van der Waals surface area contributed by atoms with E-state index in [-0.39, 0.29) is 11.9 Å². The van der Waals surface area contributed by atoms with Gasteiger partial charge in [0.2, 0.25) is 0 Å². The fourth-order valence-corrected chi connectivity index (χ4v) is 3.41. The highest BCUT2D eigenvalue weighted by atomic mass is 16.5. The van der Waals surface area contributed by atoms with Crippen molar-refractivity contribution in [2.24, 2.45) is 0 Å². The van der Waals surface area contributed by atoms with Crippen LogP contribution in [0.15, 0.2) is 42.5 Å². The average Bonchev–Trinajstić information content (AvgIpc) is 2.95. The van der Waals surface area contributed by atoms with E-state index in [1.807, 2.05) is 63.5 Å². The molecule has 1 aromatic heterocycles. The first-order valence-electron chi connectivity index (χ1n) is 9.08. The van der Waals surface area contributed by atoms with Crippen molar-refractivity contribution in [1.82, 2.24) is 15.2 Å². The number of ether oxygens (including phenoxy) is 1. The third-order valence-electron chi connectivity index (χ3n) is 5.15. The van der Waals surface area contributed by atoms with Crippen LogP contribution in [0.25, 0.3) is 10.9 Å². The van der Waals surface area contributed by atoms with Gasteiger partial charge in [-0.25, -0.2) is 0 Å². The van der Waals surface area contributed by atoms with Crippen LogP contribution in [0.2, 0.25) is 0 Å². The molecule has 5 heteroatoms. The monoisotopic (exact) mass is 365 g/mol. The molecule has 2 N–H and O–H groups in total. The van der Waals surface area contributed by atoms with Crippen LogP contribution >= 0.6 is 0 Å². The minimum absolute atomic E-state index is 0.0186. The molecule has 3 aromatic rings. The number of rotatable bonds is 6. The SMILES string of the molecule is COc1ccccc1C(CNC(=O)c1ccc2[nH]c(C)c(C)c2c1)N(C)C. The Labute approximate surface area is 160 Å². The van der Waals surface area contributed by atoms with Crippen molar-refractivity contribution in [2.75, 3.05) is 27.7 Å². The number of hydrogen-bond acceptors (Lipinski definition) is 3. The van der Waals surface area contributed by atoms with Crippen LogP contribution in [0.4, 0.5) is 0 Å². The number of aromatic nitrogens is 1. The van der Waals surface area contributed by atoms with Gasteiger partial charge in [0, 0.05) is 34.3 Å². The van der Waals surface area contributed by atoms with Crippen molar-refractivity contribution in [3.63, 3.8) is 0 Å². The Morgan fingerprint density at radius 2 is 1.93 bits per heavy atom. The number of aryl methyl sites for hydroxylation is 2. The first kappa shape index (κ1) is 19.0. The Balaban J connectivity index is 1.79. The third kappa shape index (κ3) is 3.83. The molecule has 0 aliphatic rings. The minimum atomic E-state index is -0.0723. The molecule has 0 aliphatic heterocycles. The van der Waals surface area contributed by atoms with E-state index in [4.69, 9.17) is 4.74 Å². The summed E-state index contributed by atoms with van der Waals surface area (Å²) < 4.78 is 5.49. The second kappa shape index (κ2) is 7.84. The number of hydrogen-bond donors (Lipinski definition) is 2. The number of nitrogens with zero attached hydrogens (tertiary/aromatic N) is 1. The molecule has 0 bridgehead atoms. The number of H-pyrrole nitrogens is 1. The van der Waals surface area contributed by atoms with E-state index in [1.54, 1.807) is 7.11 Å². The van der Waals surface area contributed by atoms with Gasteiger partial charge >= 0.3 is 0 Å². The lowest BCUT2D eigenvalue weighted by molar-refractivity contribution is 0.0941. The summed E-state index contributed by atoms with van der Waals surface area (Å²) >= 11 is 0. The van der Waals surface area contributed by atoms with Crippen molar-refractivity contribution >= 4 is 16.8 Å². The van der Waals surface area contributed by atoms with Crippen LogP contribution in [0.1, 0.15) is 33.2 Å². The maximum atomic E-state index is 12.7. The summed E-state index contributed by atoms with van der Waals surface area (Å²) in [5.74, 6) is 0.752. The van der Waals surface area contributed by atoms with E-state index in [0.29, 0.717) is 12.1 Å². The Morgan fingerprint density at radius 3 is 2.63 bits per heavy atom. The third-order valence-corrected chi connectivity index (χ3v) is 5.15. The summed E-state index contributed by atoms with van der Waals surface area (Å²) in [6.45, 7) is 4.61. The highest BCUT2D eigenvalue weighted by molar-refractivity contribution is 5.99. The quantitative estimate of drug-likeness (QED) is 0.698. The van der Waals surface area contributed by atoms with Gasteiger partial charge in [-0.2, -0.15) is 0 Å². The number of para-hydroxylation sites is 1. The van der Waals surface area contributed by atoms with E-state index in [9.17, 15) is 4.79 Å². The number of methoxy groups -OCH3 is 1. The number of nitrogens with one attached hydrogen (secondary N) is 2. The molecule has 0 spiro atoms. The van der Waals surface area contributed by atoms with Crippen LogP contribution in [0, 0.1) is 13.8 Å². The smallest absolute Gasteiger partial charge is 0.251 e. The topological polar surface area (TPSA) is 57.4 Å². The lowest BCUT2D eigenvalue weighted by Crippen LogP contribution is -2.34. The van der Waals surface area contributed by atoms with Gasteiger partial charge in [0.1, 0.15) is 5.75 Å². The molecule has 0 fully saturated rings. The number of carbonyl (C=O) groups excluding carboxylic acids is 1. The fourth-order valence-electron chi connectivity index (χ4n) is 3.41. The van der Waals surface area contributed by atoms with E-state index in [1.165, 1.54) is 5.56 Å². The highest BCUT2D eigenvalue weighted by Gasteiger charge is 2.19. The first-order valence-corrected chi connectivity index (χ1v) is 9.08. The molecule has 5 nitrogen and oxygen atoms in total. The van der Waals surface area contributed by atoms with Crippen molar-refractivity contribution in [2.45, 2.75) is 19.9 Å². The molecule has 0 radical (unpaired) electrons. The standard InChI is InChI=1S/C22H27N3O2/c1-14-15(2)24-19-11-10-16(12-18(14)19)22(26)23-13-20(25(3)4)17-8-6-7-9-21(17)27-5/h6-12,20,24H,13H2,1-5H3,(H,23,26). The molecule has 1 heterocycles. The summed E-state index contributed by atoms with van der Waals surface area (Å²) in [7, 11) is 5.67. The van der Waals surface area contributed by atoms with Gasteiger partial charge in [0.25, 0.3) is 5.91 Å². The summed E-state index contributed by atoms with van der Waals surface area (Å²) in [4.78, 5) is 18.2.